The molecule has 0 aliphatic rings. The Kier molecular flexibility index (Phi) is 4.10. The van der Waals surface area contributed by atoms with Gasteiger partial charge in [0.1, 0.15) is 0 Å². The Bertz CT molecular complexity index is 525. The first kappa shape index (κ1) is 12.9. The summed E-state index contributed by atoms with van der Waals surface area (Å²) in [5, 5.41) is 1.37. The molecular formula is C13H10BrCl2N. The molecule has 0 spiro atoms. The fourth-order valence-corrected chi connectivity index (χ4v) is 2.40. The average Bonchev–Trinajstić information content (AvgIpc) is 2.32. The van der Waals surface area contributed by atoms with E-state index in [0.717, 1.165) is 15.6 Å². The van der Waals surface area contributed by atoms with Crippen LogP contribution in [0, 0.1) is 0 Å². The van der Waals surface area contributed by atoms with Gasteiger partial charge in [0.2, 0.25) is 0 Å². The van der Waals surface area contributed by atoms with E-state index >= 15 is 0 Å². The topological polar surface area (TPSA) is 26.0 Å². The Morgan fingerprint density at radius 3 is 2.18 bits per heavy atom. The molecule has 1 nitrogen and oxygen atoms in total. The molecule has 0 saturated heterocycles. The van der Waals surface area contributed by atoms with Crippen molar-refractivity contribution < 1.29 is 0 Å². The molecule has 1 unspecified atom stereocenters. The minimum absolute atomic E-state index is 0.222. The van der Waals surface area contributed by atoms with Crippen LogP contribution in [0.15, 0.2) is 46.9 Å². The van der Waals surface area contributed by atoms with E-state index in [-0.39, 0.29) is 6.04 Å². The summed E-state index contributed by atoms with van der Waals surface area (Å²) in [5.41, 5.74) is 8.16. The van der Waals surface area contributed by atoms with Crippen LogP contribution in [0.25, 0.3) is 0 Å². The van der Waals surface area contributed by atoms with Crippen molar-refractivity contribution in [1.29, 1.82) is 0 Å². The molecule has 0 aliphatic carbocycles. The van der Waals surface area contributed by atoms with Crippen LogP contribution in [0.3, 0.4) is 0 Å². The molecule has 2 aromatic carbocycles. The van der Waals surface area contributed by atoms with Gasteiger partial charge in [-0.3, -0.25) is 0 Å². The minimum atomic E-state index is -0.222. The molecular weight excluding hydrogens is 321 g/mol. The zero-order valence-electron chi connectivity index (χ0n) is 8.83. The number of halogens is 3. The van der Waals surface area contributed by atoms with Crippen LogP contribution in [0.5, 0.6) is 0 Å². The van der Waals surface area contributed by atoms with E-state index < -0.39 is 0 Å². The predicted octanol–water partition coefficient (Wildman–Crippen LogP) is 4.80. The van der Waals surface area contributed by atoms with Crippen molar-refractivity contribution in [3.63, 3.8) is 0 Å². The van der Waals surface area contributed by atoms with E-state index in [1.54, 1.807) is 0 Å². The molecule has 0 saturated carbocycles. The fourth-order valence-electron chi connectivity index (χ4n) is 1.60. The van der Waals surface area contributed by atoms with Gasteiger partial charge in [0.15, 0.2) is 0 Å². The second-order valence-corrected chi connectivity index (χ2v) is 5.42. The van der Waals surface area contributed by atoms with Crippen LogP contribution in [0.4, 0.5) is 0 Å². The van der Waals surface area contributed by atoms with Crippen LogP contribution in [-0.4, -0.2) is 0 Å². The molecule has 2 rings (SSSR count). The van der Waals surface area contributed by atoms with Crippen molar-refractivity contribution in [3.8, 4) is 0 Å². The second-order valence-electron chi connectivity index (χ2n) is 3.70. The Labute approximate surface area is 119 Å². The highest BCUT2D eigenvalue weighted by molar-refractivity contribution is 9.10. The summed E-state index contributed by atoms with van der Waals surface area (Å²) in [4.78, 5) is 0. The Hall–Kier alpha value is -0.540. The van der Waals surface area contributed by atoms with Crippen molar-refractivity contribution in [2.75, 3.05) is 0 Å². The first-order valence-corrected chi connectivity index (χ1v) is 6.59. The normalized spacial score (nSPS) is 12.5. The third kappa shape index (κ3) is 3.02. The van der Waals surface area contributed by atoms with Crippen molar-refractivity contribution in [2.24, 2.45) is 5.73 Å². The van der Waals surface area contributed by atoms with Gasteiger partial charge in [0.05, 0.1) is 6.04 Å². The molecule has 0 bridgehead atoms. The van der Waals surface area contributed by atoms with E-state index in [1.807, 2.05) is 42.5 Å². The highest BCUT2D eigenvalue weighted by atomic mass is 79.9. The van der Waals surface area contributed by atoms with Crippen LogP contribution < -0.4 is 5.73 Å². The van der Waals surface area contributed by atoms with E-state index in [1.165, 1.54) is 0 Å². The molecule has 1 atom stereocenters. The molecule has 2 aromatic rings. The summed E-state index contributed by atoms with van der Waals surface area (Å²) in [6.07, 6.45) is 0. The number of nitrogens with two attached hydrogens (primary N) is 1. The molecule has 2 N–H and O–H groups in total. The molecule has 0 heterocycles. The van der Waals surface area contributed by atoms with Gasteiger partial charge in [-0.25, -0.2) is 0 Å². The van der Waals surface area contributed by atoms with Crippen molar-refractivity contribution in [2.45, 2.75) is 6.04 Å². The zero-order valence-corrected chi connectivity index (χ0v) is 11.9. The number of hydrogen-bond acceptors (Lipinski definition) is 1. The van der Waals surface area contributed by atoms with Gasteiger partial charge in [0.25, 0.3) is 0 Å². The predicted molar refractivity (Wildman–Crippen MR) is 76.6 cm³/mol. The molecule has 88 valence electrons. The van der Waals surface area contributed by atoms with Gasteiger partial charge in [-0.05, 0) is 41.5 Å². The maximum absolute atomic E-state index is 6.20. The lowest BCUT2D eigenvalue weighted by Crippen LogP contribution is -2.12. The van der Waals surface area contributed by atoms with Gasteiger partial charge in [-0.2, -0.15) is 0 Å². The van der Waals surface area contributed by atoms with E-state index in [2.05, 4.69) is 15.9 Å². The van der Waals surface area contributed by atoms with Crippen molar-refractivity contribution in [1.82, 2.24) is 0 Å². The molecule has 0 aromatic heterocycles. The first-order chi connectivity index (χ1) is 8.08. The molecule has 0 amide bonds. The fraction of sp³-hybridized carbons (Fsp3) is 0.0769. The minimum Gasteiger partial charge on any atom is -0.320 e. The monoisotopic (exact) mass is 329 g/mol. The SMILES string of the molecule is NC(c1ccc(Cl)cc1)c1cc(Cl)ccc1Br. The molecule has 4 heteroatoms. The maximum Gasteiger partial charge on any atom is 0.0563 e. The van der Waals surface area contributed by atoms with Gasteiger partial charge < -0.3 is 5.73 Å². The van der Waals surface area contributed by atoms with Gasteiger partial charge >= 0.3 is 0 Å². The van der Waals surface area contributed by atoms with Crippen LogP contribution in [-0.2, 0) is 0 Å². The third-order valence-corrected chi connectivity index (χ3v) is 3.73. The van der Waals surface area contributed by atoms with E-state index in [4.69, 9.17) is 28.9 Å². The standard InChI is InChI=1S/C13H10BrCl2N/c14-12-6-5-10(16)7-11(12)13(17)8-1-3-9(15)4-2-8/h1-7,13H,17H2. The highest BCUT2D eigenvalue weighted by Gasteiger charge is 2.12. The van der Waals surface area contributed by atoms with Gasteiger partial charge in [0, 0.05) is 14.5 Å². The smallest absolute Gasteiger partial charge is 0.0563 e. The number of hydrogen-bond donors (Lipinski definition) is 1. The summed E-state index contributed by atoms with van der Waals surface area (Å²) in [6.45, 7) is 0. The summed E-state index contributed by atoms with van der Waals surface area (Å²) in [6, 6.07) is 12.9. The molecule has 0 fully saturated rings. The number of rotatable bonds is 2. The Morgan fingerprint density at radius 2 is 1.53 bits per heavy atom. The lowest BCUT2D eigenvalue weighted by molar-refractivity contribution is 0.866. The number of benzene rings is 2. The lowest BCUT2D eigenvalue weighted by atomic mass is 10.00. The molecule has 0 aliphatic heterocycles. The van der Waals surface area contributed by atoms with Gasteiger partial charge in [-0.15, -0.1) is 0 Å². The van der Waals surface area contributed by atoms with E-state index in [9.17, 15) is 0 Å². The summed E-state index contributed by atoms with van der Waals surface area (Å²) < 4.78 is 0.948. The van der Waals surface area contributed by atoms with Crippen molar-refractivity contribution >= 4 is 39.1 Å². The van der Waals surface area contributed by atoms with Crippen LogP contribution in [0.1, 0.15) is 17.2 Å². The summed E-state index contributed by atoms with van der Waals surface area (Å²) in [7, 11) is 0. The Morgan fingerprint density at radius 1 is 0.941 bits per heavy atom. The van der Waals surface area contributed by atoms with Crippen LogP contribution >= 0.6 is 39.1 Å². The van der Waals surface area contributed by atoms with E-state index in [0.29, 0.717) is 10.0 Å². The zero-order chi connectivity index (χ0) is 12.4. The summed E-state index contributed by atoms with van der Waals surface area (Å²) >= 11 is 15.3. The highest BCUT2D eigenvalue weighted by Crippen LogP contribution is 2.29. The average molecular weight is 331 g/mol. The quantitative estimate of drug-likeness (QED) is 0.840. The summed E-state index contributed by atoms with van der Waals surface area (Å²) in [5.74, 6) is 0. The second kappa shape index (κ2) is 5.40. The first-order valence-electron chi connectivity index (χ1n) is 5.04. The third-order valence-electron chi connectivity index (χ3n) is 2.52. The van der Waals surface area contributed by atoms with Gasteiger partial charge in [-0.1, -0.05) is 51.3 Å². The molecule has 0 radical (unpaired) electrons. The Balaban J connectivity index is 2.39. The maximum atomic E-state index is 6.20. The van der Waals surface area contributed by atoms with Crippen LogP contribution in [0.2, 0.25) is 10.0 Å². The molecule has 17 heavy (non-hydrogen) atoms. The lowest BCUT2D eigenvalue weighted by Gasteiger charge is -2.14. The largest absolute Gasteiger partial charge is 0.320 e. The van der Waals surface area contributed by atoms with Crippen molar-refractivity contribution in [3.05, 3.63) is 68.1 Å².